The molecule has 1 rings (SSSR count). The predicted octanol–water partition coefficient (Wildman–Crippen LogP) is 1.11. The van der Waals surface area contributed by atoms with Crippen molar-refractivity contribution >= 4 is 27.5 Å². The van der Waals surface area contributed by atoms with Gasteiger partial charge in [0.15, 0.2) is 16.1 Å². The highest BCUT2D eigenvalue weighted by atomic mass is 32.2. The second-order valence-corrected chi connectivity index (χ2v) is 5.83. The molecule has 0 fully saturated rings. The van der Waals surface area contributed by atoms with E-state index in [9.17, 15) is 13.2 Å². The first-order valence-electron chi connectivity index (χ1n) is 3.23. The minimum Gasteiger partial charge on any atom is -0.297 e. The molecule has 0 aromatic carbocycles. The smallest absolute Gasteiger partial charge is 0.160 e. The maximum absolute atomic E-state index is 10.8. The first-order valence-corrected chi connectivity index (χ1v) is 6.10. The fraction of sp³-hybridized carbons (Fsp3) is 0.286. The van der Waals surface area contributed by atoms with Gasteiger partial charge in [0.25, 0.3) is 0 Å². The van der Waals surface area contributed by atoms with Gasteiger partial charge in [0.2, 0.25) is 0 Å². The Hall–Kier alpha value is -0.680. The Morgan fingerprint density at radius 2 is 2.17 bits per heavy atom. The number of hydrogen-bond acceptors (Lipinski definition) is 4. The molecule has 3 nitrogen and oxygen atoms in total. The van der Waals surface area contributed by atoms with Crippen LogP contribution in [-0.2, 0) is 15.6 Å². The monoisotopic (exact) mass is 204 g/mol. The number of sulfone groups is 1. The van der Waals surface area contributed by atoms with E-state index >= 15 is 0 Å². The fourth-order valence-corrected chi connectivity index (χ4v) is 2.91. The zero-order valence-electron chi connectivity index (χ0n) is 6.48. The van der Waals surface area contributed by atoms with Crippen molar-refractivity contribution < 1.29 is 13.2 Å². The topological polar surface area (TPSA) is 51.2 Å². The van der Waals surface area contributed by atoms with E-state index in [1.165, 1.54) is 17.6 Å². The van der Waals surface area contributed by atoms with Gasteiger partial charge in [0.1, 0.15) is 0 Å². The van der Waals surface area contributed by atoms with Crippen LogP contribution in [0.25, 0.3) is 0 Å². The van der Waals surface area contributed by atoms with Crippen molar-refractivity contribution in [1.29, 1.82) is 0 Å². The third-order valence-corrected chi connectivity index (χ3v) is 3.23. The molecule has 12 heavy (non-hydrogen) atoms. The van der Waals surface area contributed by atoms with Gasteiger partial charge in [-0.3, -0.25) is 4.79 Å². The molecule has 0 aliphatic rings. The normalized spacial score (nSPS) is 11.4. The molecular weight excluding hydrogens is 196 g/mol. The zero-order chi connectivity index (χ0) is 9.19. The first kappa shape index (κ1) is 9.41. The molecule has 5 heteroatoms. The highest BCUT2D eigenvalue weighted by Gasteiger charge is 2.06. The summed E-state index contributed by atoms with van der Waals surface area (Å²) in [6, 6.07) is 3.29. The van der Waals surface area contributed by atoms with E-state index in [0.717, 1.165) is 6.29 Å². The molecule has 1 heterocycles. The van der Waals surface area contributed by atoms with Crippen molar-refractivity contribution in [3.8, 4) is 0 Å². The SMILES string of the molecule is CS(=O)(=O)Cc1ccc(C=O)s1. The van der Waals surface area contributed by atoms with Gasteiger partial charge in [0.05, 0.1) is 10.6 Å². The van der Waals surface area contributed by atoms with E-state index in [-0.39, 0.29) is 5.75 Å². The van der Waals surface area contributed by atoms with Crippen molar-refractivity contribution in [3.05, 3.63) is 21.9 Å². The summed E-state index contributed by atoms with van der Waals surface area (Å²) in [5.41, 5.74) is 0. The molecule has 0 saturated heterocycles. The molecule has 66 valence electrons. The Balaban J connectivity index is 2.84. The molecule has 0 unspecified atom stereocenters. The summed E-state index contributed by atoms with van der Waals surface area (Å²) in [6.45, 7) is 0. The quantitative estimate of drug-likeness (QED) is 0.693. The summed E-state index contributed by atoms with van der Waals surface area (Å²) >= 11 is 1.21. The van der Waals surface area contributed by atoms with Crippen LogP contribution in [0.2, 0.25) is 0 Å². The predicted molar refractivity (Wildman–Crippen MR) is 48.3 cm³/mol. The van der Waals surface area contributed by atoms with Crippen LogP contribution in [0.3, 0.4) is 0 Å². The lowest BCUT2D eigenvalue weighted by Crippen LogP contribution is -1.98. The van der Waals surface area contributed by atoms with Gasteiger partial charge >= 0.3 is 0 Å². The summed E-state index contributed by atoms with van der Waals surface area (Å²) in [5, 5.41) is 0. The van der Waals surface area contributed by atoms with Crippen molar-refractivity contribution in [2.75, 3.05) is 6.26 Å². The van der Waals surface area contributed by atoms with Gasteiger partial charge in [-0.2, -0.15) is 0 Å². The summed E-state index contributed by atoms with van der Waals surface area (Å²) in [4.78, 5) is 11.5. The van der Waals surface area contributed by atoms with Gasteiger partial charge in [-0.1, -0.05) is 0 Å². The van der Waals surface area contributed by atoms with Gasteiger partial charge in [0, 0.05) is 11.1 Å². The largest absolute Gasteiger partial charge is 0.297 e. The van der Waals surface area contributed by atoms with E-state index < -0.39 is 9.84 Å². The van der Waals surface area contributed by atoms with E-state index in [4.69, 9.17) is 0 Å². The van der Waals surface area contributed by atoms with Crippen LogP contribution >= 0.6 is 11.3 Å². The highest BCUT2D eigenvalue weighted by Crippen LogP contribution is 2.16. The Morgan fingerprint density at radius 1 is 1.50 bits per heavy atom. The van der Waals surface area contributed by atoms with Crippen LogP contribution in [0.4, 0.5) is 0 Å². The van der Waals surface area contributed by atoms with Crippen LogP contribution in [0.5, 0.6) is 0 Å². The minimum absolute atomic E-state index is 0.0194. The Kier molecular flexibility index (Phi) is 2.64. The van der Waals surface area contributed by atoms with Crippen LogP contribution in [-0.4, -0.2) is 21.0 Å². The standard InChI is InChI=1S/C7H8O3S2/c1-12(9,10)5-7-3-2-6(4-8)11-7/h2-4H,5H2,1H3. The molecule has 0 atom stereocenters. The molecular formula is C7H8O3S2. The third kappa shape index (κ3) is 2.75. The maximum atomic E-state index is 10.8. The molecule has 0 radical (unpaired) electrons. The van der Waals surface area contributed by atoms with E-state index in [1.54, 1.807) is 12.1 Å². The molecule has 0 aliphatic heterocycles. The van der Waals surface area contributed by atoms with Crippen molar-refractivity contribution in [3.63, 3.8) is 0 Å². The molecule has 0 bridgehead atoms. The maximum Gasteiger partial charge on any atom is 0.160 e. The van der Waals surface area contributed by atoms with E-state index in [2.05, 4.69) is 0 Å². The molecule has 0 aliphatic carbocycles. The Labute approximate surface area is 75.0 Å². The summed E-state index contributed by atoms with van der Waals surface area (Å²) < 4.78 is 21.6. The number of thiophene rings is 1. The lowest BCUT2D eigenvalue weighted by atomic mass is 10.4. The molecule has 1 aromatic rings. The molecule has 0 spiro atoms. The average Bonchev–Trinajstić information content (AvgIpc) is 2.32. The Bertz CT molecular complexity index is 375. The van der Waals surface area contributed by atoms with Gasteiger partial charge < -0.3 is 0 Å². The first-order chi connectivity index (χ1) is 5.51. The lowest BCUT2D eigenvalue weighted by Gasteiger charge is -1.91. The number of aldehydes is 1. The number of rotatable bonds is 3. The fourth-order valence-electron chi connectivity index (χ4n) is 0.794. The average molecular weight is 204 g/mol. The van der Waals surface area contributed by atoms with Crippen molar-refractivity contribution in [2.45, 2.75) is 5.75 Å². The number of carbonyl (C=O) groups excluding carboxylic acids is 1. The second kappa shape index (κ2) is 3.37. The molecule has 0 N–H and O–H groups in total. The number of carbonyl (C=O) groups is 1. The second-order valence-electron chi connectivity index (χ2n) is 2.49. The van der Waals surface area contributed by atoms with Gasteiger partial charge in [-0.25, -0.2) is 8.42 Å². The minimum atomic E-state index is -2.98. The van der Waals surface area contributed by atoms with Crippen LogP contribution in [0, 0.1) is 0 Å². The summed E-state index contributed by atoms with van der Waals surface area (Å²) in [6.07, 6.45) is 1.89. The molecule has 0 amide bonds. The summed E-state index contributed by atoms with van der Waals surface area (Å²) in [7, 11) is -2.98. The van der Waals surface area contributed by atoms with Crippen molar-refractivity contribution in [1.82, 2.24) is 0 Å². The molecule has 1 aromatic heterocycles. The van der Waals surface area contributed by atoms with Gasteiger partial charge in [-0.05, 0) is 12.1 Å². The molecule has 0 saturated carbocycles. The van der Waals surface area contributed by atoms with Crippen molar-refractivity contribution in [2.24, 2.45) is 0 Å². The van der Waals surface area contributed by atoms with E-state index in [1.807, 2.05) is 0 Å². The third-order valence-electron chi connectivity index (χ3n) is 1.20. The van der Waals surface area contributed by atoms with Crippen LogP contribution in [0.15, 0.2) is 12.1 Å². The van der Waals surface area contributed by atoms with E-state index in [0.29, 0.717) is 9.75 Å². The number of hydrogen-bond donors (Lipinski definition) is 0. The van der Waals surface area contributed by atoms with Crippen LogP contribution in [0.1, 0.15) is 14.5 Å². The highest BCUT2D eigenvalue weighted by molar-refractivity contribution is 7.90. The van der Waals surface area contributed by atoms with Gasteiger partial charge in [-0.15, -0.1) is 11.3 Å². The van der Waals surface area contributed by atoms with Crippen LogP contribution < -0.4 is 0 Å². The Morgan fingerprint density at radius 3 is 2.58 bits per heavy atom. The zero-order valence-corrected chi connectivity index (χ0v) is 8.11. The summed E-state index contributed by atoms with van der Waals surface area (Å²) in [5.74, 6) is 0.0194. The lowest BCUT2D eigenvalue weighted by molar-refractivity contribution is 0.112.